The number of halogens is 1. The molecule has 1 atom stereocenters. The van der Waals surface area contributed by atoms with Crippen molar-refractivity contribution in [1.82, 2.24) is 9.88 Å². The Labute approximate surface area is 176 Å². The van der Waals surface area contributed by atoms with Gasteiger partial charge in [-0.05, 0) is 48.4 Å². The summed E-state index contributed by atoms with van der Waals surface area (Å²) >= 11 is 2.78. The fourth-order valence-electron chi connectivity index (χ4n) is 3.43. The van der Waals surface area contributed by atoms with Crippen molar-refractivity contribution in [2.24, 2.45) is 0 Å². The van der Waals surface area contributed by atoms with Crippen LogP contribution in [-0.2, 0) is 11.2 Å². The Morgan fingerprint density at radius 2 is 2.03 bits per heavy atom. The highest BCUT2D eigenvalue weighted by Gasteiger charge is 2.33. The summed E-state index contributed by atoms with van der Waals surface area (Å²) in [7, 11) is 0. The van der Waals surface area contributed by atoms with E-state index in [1.54, 1.807) is 29.3 Å². The Balaban J connectivity index is 1.42. The predicted molar refractivity (Wildman–Crippen MR) is 113 cm³/mol. The van der Waals surface area contributed by atoms with Gasteiger partial charge in [-0.3, -0.25) is 9.59 Å². The highest BCUT2D eigenvalue weighted by molar-refractivity contribution is 7.15. The van der Waals surface area contributed by atoms with E-state index < -0.39 is 6.04 Å². The average molecular weight is 430 g/mol. The second kappa shape index (κ2) is 8.84. The van der Waals surface area contributed by atoms with Crippen LogP contribution in [-0.4, -0.2) is 34.3 Å². The van der Waals surface area contributed by atoms with Crippen LogP contribution in [0, 0.1) is 5.82 Å². The average Bonchev–Trinajstić information content (AvgIpc) is 3.42. The third-order valence-electron chi connectivity index (χ3n) is 4.87. The van der Waals surface area contributed by atoms with Crippen molar-refractivity contribution in [3.8, 4) is 0 Å². The fraction of sp³-hybridized carbons (Fsp3) is 0.286. The van der Waals surface area contributed by atoms with Gasteiger partial charge in [0.15, 0.2) is 5.13 Å². The van der Waals surface area contributed by atoms with E-state index in [9.17, 15) is 14.0 Å². The molecule has 1 fully saturated rings. The van der Waals surface area contributed by atoms with Crippen molar-refractivity contribution in [3.63, 3.8) is 0 Å². The number of hydrogen-bond acceptors (Lipinski definition) is 5. The van der Waals surface area contributed by atoms with Crippen molar-refractivity contribution < 1.29 is 14.0 Å². The number of carbonyl (C=O) groups excluding carboxylic acids is 2. The number of thiophene rings is 1. The van der Waals surface area contributed by atoms with Gasteiger partial charge in [-0.1, -0.05) is 18.2 Å². The van der Waals surface area contributed by atoms with Crippen LogP contribution in [0.3, 0.4) is 0 Å². The first-order valence-electron chi connectivity index (χ1n) is 9.44. The predicted octanol–water partition coefficient (Wildman–Crippen LogP) is 4.57. The number of thiazole rings is 1. The number of benzene rings is 1. The first-order valence-corrected chi connectivity index (χ1v) is 11.1. The van der Waals surface area contributed by atoms with Crippen LogP contribution in [0.1, 0.15) is 39.4 Å². The number of aromatic nitrogens is 1. The van der Waals surface area contributed by atoms with Gasteiger partial charge < -0.3 is 10.2 Å². The van der Waals surface area contributed by atoms with Gasteiger partial charge in [0.25, 0.3) is 5.91 Å². The number of nitrogens with one attached hydrogen (secondary N) is 1. The van der Waals surface area contributed by atoms with Crippen LogP contribution in [0.15, 0.2) is 48.0 Å². The Morgan fingerprint density at radius 3 is 2.79 bits per heavy atom. The third kappa shape index (κ3) is 4.71. The van der Waals surface area contributed by atoms with Crippen LogP contribution < -0.4 is 5.32 Å². The van der Waals surface area contributed by atoms with Crippen LogP contribution in [0.5, 0.6) is 0 Å². The number of nitrogens with zero attached hydrogens (tertiary/aromatic N) is 2. The molecule has 1 N–H and O–H groups in total. The number of rotatable bonds is 5. The minimum Gasteiger partial charge on any atom is -0.326 e. The summed E-state index contributed by atoms with van der Waals surface area (Å²) in [6.45, 7) is 0.586. The number of carbonyl (C=O) groups is 2. The van der Waals surface area contributed by atoms with E-state index in [0.717, 1.165) is 23.3 Å². The lowest BCUT2D eigenvalue weighted by molar-refractivity contribution is -0.121. The van der Waals surface area contributed by atoms with Crippen LogP contribution in [0.25, 0.3) is 0 Å². The summed E-state index contributed by atoms with van der Waals surface area (Å²) in [5.41, 5.74) is 0.980. The van der Waals surface area contributed by atoms with Gasteiger partial charge in [-0.15, -0.1) is 22.7 Å². The zero-order valence-corrected chi connectivity index (χ0v) is 17.3. The molecule has 1 saturated heterocycles. The fourth-order valence-corrected chi connectivity index (χ4v) is 4.96. The molecule has 0 aliphatic carbocycles. The topological polar surface area (TPSA) is 62.3 Å². The summed E-state index contributed by atoms with van der Waals surface area (Å²) in [6.07, 6.45) is 4.82. The zero-order valence-electron chi connectivity index (χ0n) is 15.6. The number of likely N-dealkylation sites (tertiary alicyclic amines) is 1. The Bertz CT molecular complexity index is 986. The van der Waals surface area contributed by atoms with Gasteiger partial charge in [0, 0.05) is 24.0 Å². The smallest absolute Gasteiger partial charge is 0.264 e. The van der Waals surface area contributed by atoms with Crippen LogP contribution in [0.2, 0.25) is 0 Å². The normalized spacial score (nSPS) is 16.6. The Kier molecular flexibility index (Phi) is 6.01. The van der Waals surface area contributed by atoms with Crippen molar-refractivity contribution >= 4 is 39.6 Å². The molecule has 5 nitrogen and oxygen atoms in total. The van der Waals surface area contributed by atoms with Crippen molar-refractivity contribution in [1.29, 1.82) is 0 Å². The molecule has 1 aliphatic heterocycles. The van der Waals surface area contributed by atoms with Gasteiger partial charge >= 0.3 is 0 Å². The highest BCUT2D eigenvalue weighted by atomic mass is 32.1. The lowest BCUT2D eigenvalue weighted by atomic mass is 10.0. The zero-order chi connectivity index (χ0) is 20.2. The van der Waals surface area contributed by atoms with Crippen molar-refractivity contribution in [2.45, 2.75) is 31.7 Å². The Hall–Kier alpha value is -2.58. The SMILES string of the molecule is O=C(Nc1ncc(Cc2ccc(F)cc2)s1)[C@H]1CCCCN1C(=O)c1cccs1. The molecule has 150 valence electrons. The molecular weight excluding hydrogens is 409 g/mol. The summed E-state index contributed by atoms with van der Waals surface area (Å²) in [6, 6.07) is 9.49. The monoisotopic (exact) mass is 429 g/mol. The third-order valence-corrected chi connectivity index (χ3v) is 6.64. The molecule has 2 aromatic heterocycles. The molecule has 4 rings (SSSR count). The number of hydrogen-bond donors (Lipinski definition) is 1. The summed E-state index contributed by atoms with van der Waals surface area (Å²) in [5.74, 6) is -0.548. The van der Waals surface area contributed by atoms with E-state index in [4.69, 9.17) is 0 Å². The highest BCUT2D eigenvalue weighted by Crippen LogP contribution is 2.25. The quantitative estimate of drug-likeness (QED) is 0.646. The molecule has 2 amide bonds. The molecule has 0 spiro atoms. The first-order chi connectivity index (χ1) is 14.1. The molecular formula is C21H20FN3O2S2. The molecule has 0 saturated carbocycles. The van der Waals surface area contributed by atoms with Gasteiger partial charge in [0.05, 0.1) is 4.88 Å². The summed E-state index contributed by atoms with van der Waals surface area (Å²) in [4.78, 5) is 33.3. The van der Waals surface area contributed by atoms with E-state index in [1.165, 1.54) is 34.8 Å². The minimum absolute atomic E-state index is 0.0870. The molecule has 0 unspecified atom stereocenters. The molecule has 3 aromatic rings. The molecule has 0 radical (unpaired) electrons. The molecule has 29 heavy (non-hydrogen) atoms. The first kappa shape index (κ1) is 19.7. The Morgan fingerprint density at radius 1 is 1.21 bits per heavy atom. The molecule has 3 heterocycles. The van der Waals surface area contributed by atoms with E-state index in [-0.39, 0.29) is 17.6 Å². The maximum Gasteiger partial charge on any atom is 0.264 e. The van der Waals surface area contributed by atoms with Gasteiger partial charge in [-0.25, -0.2) is 9.37 Å². The largest absolute Gasteiger partial charge is 0.326 e. The maximum atomic E-state index is 13.0. The van der Waals surface area contributed by atoms with Gasteiger partial charge in [0.1, 0.15) is 11.9 Å². The van der Waals surface area contributed by atoms with Gasteiger partial charge in [0.2, 0.25) is 5.91 Å². The summed E-state index contributed by atoms with van der Waals surface area (Å²) < 4.78 is 13.0. The van der Waals surface area contributed by atoms with E-state index in [0.29, 0.717) is 29.4 Å². The lowest BCUT2D eigenvalue weighted by Gasteiger charge is -2.34. The number of amides is 2. The standard InChI is InChI=1S/C21H20FN3O2S2/c22-15-8-6-14(7-9-15)12-16-13-23-21(29-16)24-19(26)17-4-1-2-10-25(17)20(27)18-5-3-11-28-18/h3,5-9,11,13,17H,1-2,4,10,12H2,(H,23,24,26)/t17-/m1/s1. The lowest BCUT2D eigenvalue weighted by Crippen LogP contribution is -2.49. The number of piperidine rings is 1. The molecule has 1 aromatic carbocycles. The second-order valence-corrected chi connectivity index (χ2v) is 8.97. The van der Waals surface area contributed by atoms with E-state index >= 15 is 0 Å². The maximum absolute atomic E-state index is 13.0. The molecule has 1 aliphatic rings. The van der Waals surface area contributed by atoms with Crippen LogP contribution in [0.4, 0.5) is 9.52 Å². The summed E-state index contributed by atoms with van der Waals surface area (Å²) in [5, 5.41) is 5.26. The van der Waals surface area contributed by atoms with Gasteiger partial charge in [-0.2, -0.15) is 0 Å². The minimum atomic E-state index is -0.484. The number of anilines is 1. The van der Waals surface area contributed by atoms with Crippen molar-refractivity contribution in [2.75, 3.05) is 11.9 Å². The van der Waals surface area contributed by atoms with Crippen LogP contribution >= 0.6 is 22.7 Å². The van der Waals surface area contributed by atoms with Crippen molar-refractivity contribution in [3.05, 3.63) is 69.1 Å². The molecule has 8 heteroatoms. The second-order valence-electron chi connectivity index (χ2n) is 6.91. The van der Waals surface area contributed by atoms with E-state index in [1.807, 2.05) is 11.4 Å². The van der Waals surface area contributed by atoms with E-state index in [2.05, 4.69) is 10.3 Å². The molecule has 0 bridgehead atoms.